The van der Waals surface area contributed by atoms with Gasteiger partial charge in [-0.2, -0.15) is 0 Å². The minimum absolute atomic E-state index is 0.0952. The Hall–Kier alpha value is -1.60. The Morgan fingerprint density at radius 2 is 1.85 bits per heavy atom. The summed E-state index contributed by atoms with van der Waals surface area (Å²) in [6, 6.07) is 1.55. The van der Waals surface area contributed by atoms with Gasteiger partial charge in [0.25, 0.3) is 0 Å². The molecule has 0 bridgehead atoms. The standard InChI is InChI=1S/C19H26BFN2O3/c1-10(2)17-22-14-13(21)8-12(16-15(14)23(17)11(3)9-24-16)20-25-18(4,5)19(6,7)26-20/h8,10-11H,9H2,1-7H3/t11-/m0/s1. The summed E-state index contributed by atoms with van der Waals surface area (Å²) in [4.78, 5) is 4.59. The summed E-state index contributed by atoms with van der Waals surface area (Å²) in [6.45, 7) is 14.6. The van der Waals surface area contributed by atoms with Crippen LogP contribution in [0.4, 0.5) is 4.39 Å². The molecule has 0 N–H and O–H groups in total. The third-order valence-corrected chi connectivity index (χ3v) is 5.86. The molecule has 0 aliphatic carbocycles. The van der Waals surface area contributed by atoms with Gasteiger partial charge in [0.05, 0.1) is 17.2 Å². The van der Waals surface area contributed by atoms with Crippen molar-refractivity contribution in [1.82, 2.24) is 9.55 Å². The van der Waals surface area contributed by atoms with Crippen LogP contribution >= 0.6 is 0 Å². The molecule has 0 spiro atoms. The van der Waals surface area contributed by atoms with Crippen LogP contribution < -0.4 is 10.2 Å². The maximum atomic E-state index is 15.0. The molecule has 0 saturated carbocycles. The van der Waals surface area contributed by atoms with Gasteiger partial charge in [0, 0.05) is 11.4 Å². The van der Waals surface area contributed by atoms with Crippen molar-refractivity contribution in [1.29, 1.82) is 0 Å². The van der Waals surface area contributed by atoms with Crippen LogP contribution in [0, 0.1) is 5.82 Å². The highest BCUT2D eigenvalue weighted by Crippen LogP contribution is 2.40. The second-order valence-electron chi connectivity index (χ2n) is 8.72. The Labute approximate surface area is 154 Å². The third-order valence-electron chi connectivity index (χ3n) is 5.86. The van der Waals surface area contributed by atoms with E-state index in [0.717, 1.165) is 5.82 Å². The van der Waals surface area contributed by atoms with E-state index in [2.05, 4.69) is 30.3 Å². The van der Waals surface area contributed by atoms with E-state index in [4.69, 9.17) is 14.0 Å². The maximum absolute atomic E-state index is 15.0. The molecule has 140 valence electrons. The zero-order valence-electron chi connectivity index (χ0n) is 16.5. The van der Waals surface area contributed by atoms with Gasteiger partial charge >= 0.3 is 7.12 Å². The van der Waals surface area contributed by atoms with Crippen molar-refractivity contribution in [3.8, 4) is 5.75 Å². The lowest BCUT2D eigenvalue weighted by Crippen LogP contribution is -2.41. The molecule has 0 amide bonds. The number of halogens is 1. The lowest BCUT2D eigenvalue weighted by molar-refractivity contribution is 0.00578. The largest absolute Gasteiger partial charge is 0.498 e. The van der Waals surface area contributed by atoms with Crippen LogP contribution in [-0.4, -0.2) is 34.5 Å². The van der Waals surface area contributed by atoms with Crippen molar-refractivity contribution < 1.29 is 18.4 Å². The topological polar surface area (TPSA) is 45.5 Å². The van der Waals surface area contributed by atoms with E-state index in [1.165, 1.54) is 6.07 Å². The molecule has 2 aliphatic heterocycles. The van der Waals surface area contributed by atoms with Gasteiger partial charge in [-0.3, -0.25) is 0 Å². The number of rotatable bonds is 2. The predicted molar refractivity (Wildman–Crippen MR) is 99.7 cm³/mol. The minimum atomic E-state index is -0.673. The first-order valence-corrected chi connectivity index (χ1v) is 9.26. The number of aromatic nitrogens is 2. The van der Waals surface area contributed by atoms with E-state index in [-0.39, 0.29) is 17.8 Å². The van der Waals surface area contributed by atoms with Crippen LogP contribution in [-0.2, 0) is 9.31 Å². The van der Waals surface area contributed by atoms with Crippen molar-refractivity contribution in [2.24, 2.45) is 0 Å². The van der Waals surface area contributed by atoms with Crippen LogP contribution in [0.5, 0.6) is 5.75 Å². The first-order valence-electron chi connectivity index (χ1n) is 9.26. The highest BCUT2D eigenvalue weighted by molar-refractivity contribution is 6.63. The average Bonchev–Trinajstić information content (AvgIpc) is 3.02. The fourth-order valence-electron chi connectivity index (χ4n) is 3.67. The van der Waals surface area contributed by atoms with Crippen molar-refractivity contribution in [2.45, 2.75) is 71.6 Å². The molecular weight excluding hydrogens is 334 g/mol. The second kappa shape index (κ2) is 5.46. The Kier molecular flexibility index (Phi) is 3.74. The summed E-state index contributed by atoms with van der Waals surface area (Å²) in [5, 5.41) is 0. The van der Waals surface area contributed by atoms with Crippen LogP contribution in [0.15, 0.2) is 6.07 Å². The molecule has 3 heterocycles. The summed E-state index contributed by atoms with van der Waals surface area (Å²) in [5.74, 6) is 1.32. The van der Waals surface area contributed by atoms with E-state index in [1.807, 2.05) is 27.7 Å². The van der Waals surface area contributed by atoms with E-state index >= 15 is 0 Å². The molecular formula is C19H26BFN2O3. The predicted octanol–water partition coefficient (Wildman–Crippen LogP) is 3.55. The Balaban J connectivity index is 1.94. The first-order chi connectivity index (χ1) is 12.0. The van der Waals surface area contributed by atoms with Crippen molar-refractivity contribution in [2.75, 3.05) is 6.61 Å². The van der Waals surface area contributed by atoms with Gasteiger partial charge in [-0.1, -0.05) is 13.8 Å². The van der Waals surface area contributed by atoms with Gasteiger partial charge in [-0.15, -0.1) is 0 Å². The molecule has 2 aliphatic rings. The Bertz CT molecular complexity index is 875. The van der Waals surface area contributed by atoms with Gasteiger partial charge in [0.1, 0.15) is 29.2 Å². The third kappa shape index (κ3) is 2.33. The smallest absolute Gasteiger partial charge is 0.490 e. The molecule has 1 aromatic heterocycles. The molecule has 4 rings (SSSR count). The Morgan fingerprint density at radius 3 is 2.42 bits per heavy atom. The van der Waals surface area contributed by atoms with Crippen LogP contribution in [0.1, 0.15) is 66.3 Å². The zero-order chi connectivity index (χ0) is 19.0. The minimum Gasteiger partial charge on any atom is -0.490 e. The molecule has 5 nitrogen and oxygen atoms in total. The first kappa shape index (κ1) is 17.8. The molecule has 0 unspecified atom stereocenters. The lowest BCUT2D eigenvalue weighted by atomic mass is 9.77. The van der Waals surface area contributed by atoms with Crippen LogP contribution in [0.25, 0.3) is 11.0 Å². The number of hydrogen-bond donors (Lipinski definition) is 0. The number of benzene rings is 1. The van der Waals surface area contributed by atoms with Gasteiger partial charge in [0.15, 0.2) is 5.82 Å². The van der Waals surface area contributed by atoms with Gasteiger partial charge in [0.2, 0.25) is 0 Å². The molecule has 2 aromatic rings. The summed E-state index contributed by atoms with van der Waals surface area (Å²) >= 11 is 0. The number of imidazole rings is 1. The molecule has 0 radical (unpaired) electrons. The quantitative estimate of drug-likeness (QED) is 0.769. The molecule has 1 fully saturated rings. The van der Waals surface area contributed by atoms with Gasteiger partial charge in [-0.05, 0) is 40.7 Å². The molecule has 1 atom stereocenters. The monoisotopic (exact) mass is 360 g/mol. The molecule has 26 heavy (non-hydrogen) atoms. The van der Waals surface area contributed by atoms with Crippen molar-refractivity contribution in [3.63, 3.8) is 0 Å². The summed E-state index contributed by atoms with van der Waals surface area (Å²) < 4.78 is 35.4. The van der Waals surface area contributed by atoms with Crippen molar-refractivity contribution >= 4 is 23.6 Å². The van der Waals surface area contributed by atoms with Crippen molar-refractivity contribution in [3.05, 3.63) is 17.7 Å². The van der Waals surface area contributed by atoms with E-state index in [9.17, 15) is 4.39 Å². The van der Waals surface area contributed by atoms with E-state index in [1.54, 1.807) is 0 Å². The zero-order valence-corrected chi connectivity index (χ0v) is 16.5. The number of ether oxygens (including phenoxy) is 1. The van der Waals surface area contributed by atoms with Gasteiger partial charge < -0.3 is 18.6 Å². The lowest BCUT2D eigenvalue weighted by Gasteiger charge is -2.32. The van der Waals surface area contributed by atoms with Crippen LogP contribution in [0.3, 0.4) is 0 Å². The normalized spacial score (nSPS) is 23.7. The highest BCUT2D eigenvalue weighted by Gasteiger charge is 2.53. The fraction of sp³-hybridized carbons (Fsp3) is 0.632. The number of nitrogens with zero attached hydrogens (tertiary/aromatic N) is 2. The Morgan fingerprint density at radius 1 is 1.23 bits per heavy atom. The SMILES string of the molecule is CC(C)c1nc2c(F)cc(B3OC(C)(C)C(C)(C)O3)c3c2n1[C@@H](C)CO3. The molecule has 1 saturated heterocycles. The fourth-order valence-corrected chi connectivity index (χ4v) is 3.67. The highest BCUT2D eigenvalue weighted by atomic mass is 19.1. The van der Waals surface area contributed by atoms with E-state index < -0.39 is 18.3 Å². The van der Waals surface area contributed by atoms with Crippen LogP contribution in [0.2, 0.25) is 0 Å². The second-order valence-corrected chi connectivity index (χ2v) is 8.72. The maximum Gasteiger partial charge on any atom is 0.498 e. The molecule has 1 aromatic carbocycles. The van der Waals surface area contributed by atoms with E-state index in [0.29, 0.717) is 28.9 Å². The summed E-state index contributed by atoms with van der Waals surface area (Å²) in [6.07, 6.45) is 0. The average molecular weight is 360 g/mol. The summed E-state index contributed by atoms with van der Waals surface area (Å²) in [5.41, 5.74) is 0.659. The number of hydrogen-bond acceptors (Lipinski definition) is 4. The summed E-state index contributed by atoms with van der Waals surface area (Å²) in [7, 11) is -0.673. The molecule has 7 heteroatoms. The van der Waals surface area contributed by atoms with Gasteiger partial charge in [-0.25, -0.2) is 9.37 Å².